The molecule has 0 spiro atoms. The minimum Gasteiger partial charge on any atom is -0.497 e. The van der Waals surface area contributed by atoms with E-state index >= 15 is 0 Å². The number of para-hydroxylation sites is 1. The van der Waals surface area contributed by atoms with Crippen LogP contribution in [-0.2, 0) is 16.1 Å². The summed E-state index contributed by atoms with van der Waals surface area (Å²) < 4.78 is 11.4. The van der Waals surface area contributed by atoms with Gasteiger partial charge >= 0.3 is 5.97 Å². The molecule has 0 N–H and O–H groups in total. The molecular formula is C18H15NO3S. The van der Waals surface area contributed by atoms with Gasteiger partial charge in [0, 0.05) is 6.08 Å². The highest BCUT2D eigenvalue weighted by molar-refractivity contribution is 7.18. The van der Waals surface area contributed by atoms with Crippen molar-refractivity contribution in [3.8, 4) is 5.75 Å². The summed E-state index contributed by atoms with van der Waals surface area (Å²) in [6, 6.07) is 15.3. The van der Waals surface area contributed by atoms with E-state index in [4.69, 9.17) is 9.47 Å². The lowest BCUT2D eigenvalue weighted by Crippen LogP contribution is -2.00. The molecule has 0 saturated carbocycles. The molecule has 0 unspecified atom stereocenters. The first-order valence-electron chi connectivity index (χ1n) is 7.08. The van der Waals surface area contributed by atoms with E-state index in [1.807, 2.05) is 48.5 Å². The Balaban J connectivity index is 1.57. The van der Waals surface area contributed by atoms with Crippen LogP contribution in [0, 0.1) is 0 Å². The Labute approximate surface area is 138 Å². The summed E-state index contributed by atoms with van der Waals surface area (Å²) in [5, 5.41) is 0.789. The monoisotopic (exact) mass is 325 g/mol. The van der Waals surface area contributed by atoms with Gasteiger partial charge < -0.3 is 9.47 Å². The smallest absolute Gasteiger partial charge is 0.331 e. The molecule has 0 aliphatic rings. The van der Waals surface area contributed by atoms with Crippen molar-refractivity contribution in [3.63, 3.8) is 0 Å². The maximum atomic E-state index is 11.8. The van der Waals surface area contributed by atoms with Crippen LogP contribution in [0.2, 0.25) is 0 Å². The molecule has 0 aliphatic carbocycles. The minimum atomic E-state index is -0.389. The predicted octanol–water partition coefficient (Wildman–Crippen LogP) is 4.06. The van der Waals surface area contributed by atoms with Crippen LogP contribution < -0.4 is 4.74 Å². The summed E-state index contributed by atoms with van der Waals surface area (Å²) in [6.45, 7) is 0.186. The van der Waals surface area contributed by atoms with Crippen LogP contribution >= 0.6 is 11.3 Å². The van der Waals surface area contributed by atoms with Gasteiger partial charge in [0.15, 0.2) is 0 Å². The van der Waals surface area contributed by atoms with Crippen LogP contribution in [0.1, 0.15) is 10.6 Å². The van der Waals surface area contributed by atoms with Crippen LogP contribution in [0.4, 0.5) is 0 Å². The molecule has 0 saturated heterocycles. The molecule has 2 aromatic carbocycles. The Morgan fingerprint density at radius 2 is 1.96 bits per heavy atom. The van der Waals surface area contributed by atoms with E-state index in [1.165, 1.54) is 17.4 Å². The highest BCUT2D eigenvalue weighted by Gasteiger charge is 2.05. The third-order valence-electron chi connectivity index (χ3n) is 3.20. The van der Waals surface area contributed by atoms with E-state index in [2.05, 4.69) is 4.98 Å². The number of esters is 1. The van der Waals surface area contributed by atoms with Gasteiger partial charge in [0.1, 0.15) is 17.4 Å². The molecule has 3 rings (SSSR count). The molecule has 3 aromatic rings. The van der Waals surface area contributed by atoms with Crippen LogP contribution in [0.3, 0.4) is 0 Å². The van der Waals surface area contributed by atoms with Crippen LogP contribution in [0.15, 0.2) is 54.6 Å². The summed E-state index contributed by atoms with van der Waals surface area (Å²) in [5.41, 5.74) is 1.83. The Hall–Kier alpha value is -2.66. The zero-order valence-corrected chi connectivity index (χ0v) is 13.4. The van der Waals surface area contributed by atoms with Crippen molar-refractivity contribution >= 4 is 33.6 Å². The molecule has 116 valence electrons. The number of thiazole rings is 1. The number of carbonyl (C=O) groups is 1. The molecule has 1 heterocycles. The van der Waals surface area contributed by atoms with Crippen LogP contribution in [0.25, 0.3) is 16.3 Å². The van der Waals surface area contributed by atoms with E-state index in [1.54, 1.807) is 13.2 Å². The Bertz CT molecular complexity index is 804. The molecule has 0 aliphatic heterocycles. The van der Waals surface area contributed by atoms with Crippen LogP contribution in [-0.4, -0.2) is 18.1 Å². The lowest BCUT2D eigenvalue weighted by molar-refractivity contribution is -0.138. The number of aromatic nitrogens is 1. The molecule has 0 bridgehead atoms. The first kappa shape index (κ1) is 15.2. The second-order valence-electron chi connectivity index (χ2n) is 4.79. The molecule has 5 heteroatoms. The van der Waals surface area contributed by atoms with E-state index in [-0.39, 0.29) is 12.6 Å². The average molecular weight is 325 g/mol. The lowest BCUT2D eigenvalue weighted by atomic mass is 10.2. The van der Waals surface area contributed by atoms with Gasteiger partial charge in [-0.2, -0.15) is 0 Å². The van der Waals surface area contributed by atoms with Gasteiger partial charge in [-0.3, -0.25) is 0 Å². The number of hydrogen-bond acceptors (Lipinski definition) is 5. The molecule has 4 nitrogen and oxygen atoms in total. The van der Waals surface area contributed by atoms with Gasteiger partial charge in [-0.05, 0) is 35.9 Å². The zero-order valence-electron chi connectivity index (χ0n) is 12.6. The first-order chi connectivity index (χ1) is 11.2. The summed E-state index contributed by atoms with van der Waals surface area (Å²) in [7, 11) is 1.62. The number of rotatable bonds is 5. The molecule has 1 aromatic heterocycles. The van der Waals surface area contributed by atoms with Crippen molar-refractivity contribution in [3.05, 3.63) is 65.2 Å². The number of ether oxygens (including phenoxy) is 2. The quantitative estimate of drug-likeness (QED) is 0.524. The van der Waals surface area contributed by atoms with Crippen molar-refractivity contribution in [1.29, 1.82) is 0 Å². The van der Waals surface area contributed by atoms with Crippen molar-refractivity contribution in [2.75, 3.05) is 7.11 Å². The third-order valence-corrected chi connectivity index (χ3v) is 4.21. The fourth-order valence-corrected chi connectivity index (χ4v) is 2.92. The van der Waals surface area contributed by atoms with Gasteiger partial charge in [0.25, 0.3) is 0 Å². The van der Waals surface area contributed by atoms with Gasteiger partial charge in [-0.15, -0.1) is 11.3 Å². The Morgan fingerprint density at radius 1 is 1.17 bits per heavy atom. The summed E-state index contributed by atoms with van der Waals surface area (Å²) in [6.07, 6.45) is 3.12. The fraction of sp³-hybridized carbons (Fsp3) is 0.111. The molecule has 0 amide bonds. The van der Waals surface area contributed by atoms with Crippen LogP contribution in [0.5, 0.6) is 5.75 Å². The van der Waals surface area contributed by atoms with Gasteiger partial charge in [0.2, 0.25) is 0 Å². The maximum absolute atomic E-state index is 11.8. The topological polar surface area (TPSA) is 48.4 Å². The normalized spacial score (nSPS) is 11.0. The minimum absolute atomic E-state index is 0.186. The largest absolute Gasteiger partial charge is 0.497 e. The Kier molecular flexibility index (Phi) is 4.68. The molecule has 0 radical (unpaired) electrons. The summed E-state index contributed by atoms with van der Waals surface area (Å²) in [5.74, 6) is 0.389. The van der Waals surface area contributed by atoms with E-state index < -0.39 is 0 Å². The molecule has 0 atom stereocenters. The number of benzene rings is 2. The number of hydrogen-bond donors (Lipinski definition) is 0. The molecular weight excluding hydrogens is 310 g/mol. The summed E-state index contributed by atoms with van der Waals surface area (Å²) >= 11 is 1.53. The Morgan fingerprint density at radius 3 is 2.70 bits per heavy atom. The predicted molar refractivity (Wildman–Crippen MR) is 91.4 cm³/mol. The number of carbonyl (C=O) groups excluding carboxylic acids is 1. The molecule has 0 fully saturated rings. The second-order valence-corrected chi connectivity index (χ2v) is 5.90. The van der Waals surface area contributed by atoms with E-state index in [0.717, 1.165) is 26.5 Å². The fourth-order valence-electron chi connectivity index (χ4n) is 2.04. The van der Waals surface area contributed by atoms with E-state index in [0.29, 0.717) is 0 Å². The number of fused-ring (bicyclic) bond motifs is 1. The molecule has 23 heavy (non-hydrogen) atoms. The number of methoxy groups -OCH3 is 1. The third kappa shape index (κ3) is 3.96. The van der Waals surface area contributed by atoms with Gasteiger partial charge in [-0.1, -0.05) is 24.3 Å². The SMILES string of the molecule is COc1ccc(/C=C/C(=O)OCc2nc3ccccc3s2)cc1. The van der Waals surface area contributed by atoms with Crippen molar-refractivity contribution in [1.82, 2.24) is 4.98 Å². The lowest BCUT2D eigenvalue weighted by Gasteiger charge is -2.00. The van der Waals surface area contributed by atoms with Gasteiger partial charge in [0.05, 0.1) is 17.3 Å². The highest BCUT2D eigenvalue weighted by atomic mass is 32.1. The van der Waals surface area contributed by atoms with Crippen molar-refractivity contribution in [2.45, 2.75) is 6.61 Å². The first-order valence-corrected chi connectivity index (χ1v) is 7.89. The zero-order chi connectivity index (χ0) is 16.1. The highest BCUT2D eigenvalue weighted by Crippen LogP contribution is 2.22. The standard InChI is InChI=1S/C18H15NO3S/c1-21-14-9-6-13(7-10-14)8-11-18(20)22-12-17-19-15-4-2-3-5-16(15)23-17/h2-11H,12H2,1H3/b11-8+. The van der Waals surface area contributed by atoms with Crippen molar-refractivity contribution < 1.29 is 14.3 Å². The van der Waals surface area contributed by atoms with Gasteiger partial charge in [-0.25, -0.2) is 9.78 Å². The summed E-state index contributed by atoms with van der Waals surface area (Å²) in [4.78, 5) is 16.2. The number of nitrogens with zero attached hydrogens (tertiary/aromatic N) is 1. The second kappa shape index (κ2) is 7.07. The van der Waals surface area contributed by atoms with E-state index in [9.17, 15) is 4.79 Å². The average Bonchev–Trinajstić information content (AvgIpc) is 3.01. The van der Waals surface area contributed by atoms with Crippen molar-refractivity contribution in [2.24, 2.45) is 0 Å². The maximum Gasteiger partial charge on any atom is 0.331 e.